The molecule has 0 unspecified atom stereocenters. The monoisotopic (exact) mass is 98.1 g/mol. The summed E-state index contributed by atoms with van der Waals surface area (Å²) < 4.78 is 0. The van der Waals surface area contributed by atoms with Crippen molar-refractivity contribution >= 4 is 5.78 Å². The summed E-state index contributed by atoms with van der Waals surface area (Å²) in [7, 11) is 0. The molecule has 0 aromatic rings. The third kappa shape index (κ3) is 3.50. The van der Waals surface area contributed by atoms with Gasteiger partial charge in [-0.2, -0.15) is 0 Å². The van der Waals surface area contributed by atoms with Crippen molar-refractivity contribution in [1.82, 2.24) is 0 Å². The summed E-state index contributed by atoms with van der Waals surface area (Å²) in [4.78, 5) is 10.3. The van der Waals surface area contributed by atoms with Gasteiger partial charge in [-0.1, -0.05) is 13.8 Å². The van der Waals surface area contributed by atoms with Crippen molar-refractivity contribution in [3.05, 3.63) is 13.3 Å². The van der Waals surface area contributed by atoms with Gasteiger partial charge < -0.3 is 0 Å². The van der Waals surface area contributed by atoms with Crippen molar-refractivity contribution in [1.29, 1.82) is 0 Å². The highest BCUT2D eigenvalue weighted by molar-refractivity contribution is 5.86. The lowest BCUT2D eigenvalue weighted by Gasteiger charge is -1.86. The molecule has 0 aliphatic rings. The predicted octanol–water partition coefficient (Wildman–Crippen LogP) is 1.39. The molecule has 0 aromatic carbocycles. The van der Waals surface area contributed by atoms with Crippen molar-refractivity contribution in [2.45, 2.75) is 19.8 Å². The Morgan fingerprint density at radius 3 is 2.57 bits per heavy atom. The molecule has 1 nitrogen and oxygen atoms in total. The minimum absolute atomic E-state index is 0.190. The maximum Gasteiger partial charge on any atom is 0.136 e. The van der Waals surface area contributed by atoms with Gasteiger partial charge in [-0.15, -0.1) is 0 Å². The van der Waals surface area contributed by atoms with Crippen molar-refractivity contribution in [3.8, 4) is 0 Å². The summed E-state index contributed by atoms with van der Waals surface area (Å²) in [5.74, 6) is 0.190. The van der Waals surface area contributed by atoms with Gasteiger partial charge >= 0.3 is 0 Å². The molecule has 0 aromatic heterocycles. The number of carbonyl (C=O) groups is 1. The SMILES string of the molecule is [CH2]CCC(=O)[CH]C. The quantitative estimate of drug-likeness (QED) is 0.521. The highest BCUT2D eigenvalue weighted by Gasteiger charge is 1.91. The van der Waals surface area contributed by atoms with Crippen LogP contribution in [0.25, 0.3) is 0 Å². The van der Waals surface area contributed by atoms with Crippen LogP contribution in [-0.4, -0.2) is 5.78 Å². The van der Waals surface area contributed by atoms with Crippen LogP contribution in [-0.2, 0) is 4.79 Å². The van der Waals surface area contributed by atoms with Crippen LogP contribution >= 0.6 is 0 Å². The van der Waals surface area contributed by atoms with Crippen molar-refractivity contribution in [3.63, 3.8) is 0 Å². The highest BCUT2D eigenvalue weighted by Crippen LogP contribution is 1.89. The first kappa shape index (κ1) is 6.67. The molecule has 0 atom stereocenters. The second-order valence-corrected chi connectivity index (χ2v) is 1.36. The molecule has 2 radical (unpaired) electrons. The summed E-state index contributed by atoms with van der Waals surface area (Å²) in [6, 6.07) is 0. The van der Waals surface area contributed by atoms with Crippen LogP contribution in [0.5, 0.6) is 0 Å². The molecular formula is C6H10O. The fourth-order valence-electron chi connectivity index (χ4n) is 0.319. The van der Waals surface area contributed by atoms with E-state index in [4.69, 9.17) is 0 Å². The van der Waals surface area contributed by atoms with Gasteiger partial charge in [0.1, 0.15) is 5.78 Å². The highest BCUT2D eigenvalue weighted by atomic mass is 16.1. The molecule has 0 saturated heterocycles. The van der Waals surface area contributed by atoms with Gasteiger partial charge in [0.05, 0.1) is 0 Å². The van der Waals surface area contributed by atoms with Gasteiger partial charge in [-0.3, -0.25) is 4.79 Å². The lowest BCUT2D eigenvalue weighted by atomic mass is 10.2. The number of hydrogen-bond acceptors (Lipinski definition) is 1. The fraction of sp³-hybridized carbons (Fsp3) is 0.500. The summed E-state index contributed by atoms with van der Waals surface area (Å²) in [5.41, 5.74) is 0. The van der Waals surface area contributed by atoms with E-state index in [0.29, 0.717) is 12.8 Å². The number of carbonyl (C=O) groups excluding carboxylic acids is 1. The molecule has 0 bridgehead atoms. The van der Waals surface area contributed by atoms with Gasteiger partial charge in [0.15, 0.2) is 0 Å². The van der Waals surface area contributed by atoms with Gasteiger partial charge in [0.2, 0.25) is 0 Å². The Morgan fingerprint density at radius 2 is 2.43 bits per heavy atom. The smallest absolute Gasteiger partial charge is 0.136 e. The van der Waals surface area contributed by atoms with Crippen LogP contribution < -0.4 is 0 Å². The van der Waals surface area contributed by atoms with E-state index in [2.05, 4.69) is 6.92 Å². The first-order valence-electron chi connectivity index (χ1n) is 2.42. The largest absolute Gasteiger partial charge is 0.299 e. The van der Waals surface area contributed by atoms with Gasteiger partial charge in [-0.25, -0.2) is 0 Å². The zero-order chi connectivity index (χ0) is 5.70. The molecule has 0 heterocycles. The van der Waals surface area contributed by atoms with Gasteiger partial charge in [0.25, 0.3) is 0 Å². The topological polar surface area (TPSA) is 17.1 Å². The molecule has 0 aliphatic carbocycles. The average molecular weight is 98.1 g/mol. The standard InChI is InChI=1S/C6H10O/c1-3-5-6(7)4-2/h4H,1,3,5H2,2H3. The van der Waals surface area contributed by atoms with E-state index in [1.165, 1.54) is 0 Å². The zero-order valence-electron chi connectivity index (χ0n) is 4.61. The first-order chi connectivity index (χ1) is 3.31. The minimum atomic E-state index is 0.190. The second-order valence-electron chi connectivity index (χ2n) is 1.36. The molecule has 7 heavy (non-hydrogen) atoms. The number of Topliss-reactive ketones (excluding diaryl/α,β-unsaturated/α-hetero) is 1. The third-order valence-electron chi connectivity index (χ3n) is 0.745. The number of hydrogen-bond donors (Lipinski definition) is 0. The van der Waals surface area contributed by atoms with Crippen LogP contribution in [0.4, 0.5) is 0 Å². The second kappa shape index (κ2) is 3.85. The predicted molar refractivity (Wildman–Crippen MR) is 29.6 cm³/mol. The molecular weight excluding hydrogens is 88.1 g/mol. The normalized spacial score (nSPS) is 8.86. The lowest BCUT2D eigenvalue weighted by Crippen LogP contribution is -1.92. The van der Waals surface area contributed by atoms with Crippen LogP contribution in [0.1, 0.15) is 19.8 Å². The molecule has 1 heteroatoms. The van der Waals surface area contributed by atoms with Crippen molar-refractivity contribution in [2.75, 3.05) is 0 Å². The average Bonchev–Trinajstić information content (AvgIpc) is 1.68. The van der Waals surface area contributed by atoms with E-state index < -0.39 is 0 Å². The summed E-state index contributed by atoms with van der Waals surface area (Å²) >= 11 is 0. The number of ketones is 1. The maximum absolute atomic E-state index is 10.3. The first-order valence-corrected chi connectivity index (χ1v) is 2.42. The Hall–Kier alpha value is -0.330. The minimum Gasteiger partial charge on any atom is -0.299 e. The van der Waals surface area contributed by atoms with Crippen molar-refractivity contribution < 1.29 is 4.79 Å². The molecule has 0 amide bonds. The molecule has 0 N–H and O–H groups in total. The summed E-state index contributed by atoms with van der Waals surface area (Å²) in [6.07, 6.45) is 2.88. The molecule has 0 aliphatic heterocycles. The molecule has 0 fully saturated rings. The molecule has 40 valence electrons. The van der Waals surface area contributed by atoms with E-state index in [-0.39, 0.29) is 5.78 Å². The van der Waals surface area contributed by atoms with E-state index in [0.717, 1.165) is 0 Å². The van der Waals surface area contributed by atoms with E-state index in [1.54, 1.807) is 13.3 Å². The third-order valence-corrected chi connectivity index (χ3v) is 0.745. The Kier molecular flexibility index (Phi) is 3.67. The van der Waals surface area contributed by atoms with Crippen LogP contribution in [0.15, 0.2) is 0 Å². The molecule has 0 rings (SSSR count). The Balaban J connectivity index is 3.00. The van der Waals surface area contributed by atoms with E-state index in [1.807, 2.05) is 0 Å². The van der Waals surface area contributed by atoms with Crippen LogP contribution in [0.2, 0.25) is 0 Å². The Bertz CT molecular complexity index is 57.2. The summed E-state index contributed by atoms with van der Waals surface area (Å²) in [5, 5.41) is 0. The Morgan fingerprint density at radius 1 is 1.86 bits per heavy atom. The van der Waals surface area contributed by atoms with Crippen LogP contribution in [0.3, 0.4) is 0 Å². The zero-order valence-corrected chi connectivity index (χ0v) is 4.61. The Labute approximate surface area is 44.7 Å². The summed E-state index contributed by atoms with van der Waals surface area (Å²) in [6.45, 7) is 5.28. The molecule has 0 spiro atoms. The van der Waals surface area contributed by atoms with Crippen LogP contribution in [0, 0.1) is 13.3 Å². The van der Waals surface area contributed by atoms with Gasteiger partial charge in [-0.05, 0) is 6.42 Å². The fourth-order valence-corrected chi connectivity index (χ4v) is 0.319. The number of rotatable bonds is 3. The van der Waals surface area contributed by atoms with Gasteiger partial charge in [0, 0.05) is 12.8 Å². The maximum atomic E-state index is 10.3. The van der Waals surface area contributed by atoms with E-state index in [9.17, 15) is 4.79 Å². The van der Waals surface area contributed by atoms with E-state index >= 15 is 0 Å². The molecule has 0 saturated carbocycles. The lowest BCUT2D eigenvalue weighted by molar-refractivity contribution is -0.115. The van der Waals surface area contributed by atoms with Crippen molar-refractivity contribution in [2.24, 2.45) is 0 Å².